The first-order chi connectivity index (χ1) is 13.0. The number of aromatic nitrogens is 1. The van der Waals surface area contributed by atoms with Crippen LogP contribution in [0.2, 0.25) is 5.02 Å². The average molecular weight is 423 g/mol. The smallest absolute Gasteiger partial charge is 0.257 e. The van der Waals surface area contributed by atoms with Crippen molar-refractivity contribution in [2.45, 2.75) is 47.1 Å². The minimum atomic E-state index is -3.60. The molecule has 4 rings (SSSR count). The molecule has 0 saturated heterocycles. The lowest BCUT2D eigenvalue weighted by Crippen LogP contribution is -2.43. The molecule has 1 aliphatic carbocycles. The van der Waals surface area contributed by atoms with E-state index in [9.17, 15) is 8.42 Å². The van der Waals surface area contributed by atoms with Crippen molar-refractivity contribution in [3.8, 4) is 0 Å². The summed E-state index contributed by atoms with van der Waals surface area (Å²) in [7, 11) is -3.60. The third-order valence-electron chi connectivity index (χ3n) is 4.66. The maximum Gasteiger partial charge on any atom is 0.257 e. The summed E-state index contributed by atoms with van der Waals surface area (Å²) in [5.74, 6) is 0. The lowest BCUT2D eigenvalue weighted by molar-refractivity contribution is 0.417. The van der Waals surface area contributed by atoms with Crippen molar-refractivity contribution in [2.75, 3.05) is 0 Å². The van der Waals surface area contributed by atoms with Crippen molar-refractivity contribution >= 4 is 44.5 Å². The van der Waals surface area contributed by atoms with Crippen LogP contribution in [0.4, 0.5) is 0 Å². The van der Waals surface area contributed by atoms with Gasteiger partial charge in [-0.25, -0.2) is 18.1 Å². The molecule has 1 N–H and O–H groups in total. The summed E-state index contributed by atoms with van der Waals surface area (Å²) in [6.45, 7) is 0. The molecule has 1 heterocycles. The Kier molecular flexibility index (Phi) is 5.45. The van der Waals surface area contributed by atoms with Gasteiger partial charge in [-0.3, -0.25) is 0 Å². The van der Waals surface area contributed by atoms with E-state index in [1.54, 1.807) is 12.1 Å². The Bertz CT molecular complexity index is 1000. The third kappa shape index (κ3) is 4.32. The molecule has 2 aromatic carbocycles. The Morgan fingerprint density at radius 1 is 1.07 bits per heavy atom. The van der Waals surface area contributed by atoms with Gasteiger partial charge in [0.15, 0.2) is 5.58 Å². The second kappa shape index (κ2) is 7.83. The van der Waals surface area contributed by atoms with Crippen LogP contribution in [0.1, 0.15) is 25.7 Å². The summed E-state index contributed by atoms with van der Waals surface area (Å²) in [4.78, 5) is 4.74. The van der Waals surface area contributed by atoms with Gasteiger partial charge in [-0.1, -0.05) is 48.3 Å². The fourth-order valence-electron chi connectivity index (χ4n) is 3.28. The molecule has 142 valence electrons. The number of fused-ring (bicyclic) bond motifs is 1. The van der Waals surface area contributed by atoms with Crippen LogP contribution >= 0.6 is 23.4 Å². The van der Waals surface area contributed by atoms with Gasteiger partial charge in [-0.05, 0) is 49.2 Å². The van der Waals surface area contributed by atoms with Crippen molar-refractivity contribution in [1.29, 1.82) is 0 Å². The van der Waals surface area contributed by atoms with Crippen LogP contribution in [0.3, 0.4) is 0 Å². The molecule has 1 aromatic heterocycles. The molecule has 0 amide bonds. The molecule has 0 spiro atoms. The van der Waals surface area contributed by atoms with Crippen LogP contribution in [-0.4, -0.2) is 24.7 Å². The molecule has 0 bridgehead atoms. The molecule has 27 heavy (non-hydrogen) atoms. The van der Waals surface area contributed by atoms with Gasteiger partial charge in [-0.2, -0.15) is 0 Å². The van der Waals surface area contributed by atoms with Crippen molar-refractivity contribution in [1.82, 2.24) is 9.71 Å². The topological polar surface area (TPSA) is 72.2 Å². The zero-order valence-corrected chi connectivity index (χ0v) is 16.9. The second-order valence-corrected chi connectivity index (χ2v) is 9.91. The van der Waals surface area contributed by atoms with Crippen LogP contribution in [0.5, 0.6) is 0 Å². The molecule has 0 unspecified atom stereocenters. The van der Waals surface area contributed by atoms with Gasteiger partial charge < -0.3 is 4.42 Å². The summed E-state index contributed by atoms with van der Waals surface area (Å²) < 4.78 is 34.2. The van der Waals surface area contributed by atoms with E-state index in [4.69, 9.17) is 16.0 Å². The van der Waals surface area contributed by atoms with Gasteiger partial charge in [0.25, 0.3) is 5.22 Å². The van der Waals surface area contributed by atoms with E-state index in [0.29, 0.717) is 10.2 Å². The first-order valence-electron chi connectivity index (χ1n) is 8.81. The Hall–Kier alpha value is -1.54. The summed E-state index contributed by atoms with van der Waals surface area (Å²) in [6, 6.07) is 13.7. The van der Waals surface area contributed by atoms with Crippen molar-refractivity contribution in [2.24, 2.45) is 0 Å². The fraction of sp³-hybridized carbons (Fsp3) is 0.316. The number of sulfonamides is 1. The second-order valence-electron chi connectivity index (χ2n) is 6.57. The fourth-order valence-corrected chi connectivity index (χ4v) is 6.01. The van der Waals surface area contributed by atoms with E-state index < -0.39 is 10.0 Å². The maximum absolute atomic E-state index is 12.7. The number of nitrogens with one attached hydrogen (secondary N) is 1. The van der Waals surface area contributed by atoms with Crippen molar-refractivity contribution in [3.05, 3.63) is 53.6 Å². The molecule has 0 radical (unpaired) electrons. The predicted molar refractivity (Wildman–Crippen MR) is 108 cm³/mol. The van der Waals surface area contributed by atoms with Gasteiger partial charge in [0, 0.05) is 16.3 Å². The number of nitrogens with zero attached hydrogens (tertiary/aromatic N) is 1. The van der Waals surface area contributed by atoms with Gasteiger partial charge in [0.2, 0.25) is 10.0 Å². The van der Waals surface area contributed by atoms with Crippen LogP contribution < -0.4 is 4.72 Å². The van der Waals surface area contributed by atoms with E-state index in [2.05, 4.69) is 9.71 Å². The summed E-state index contributed by atoms with van der Waals surface area (Å²) in [6.07, 6.45) is 3.78. The number of halogens is 1. The highest BCUT2D eigenvalue weighted by Gasteiger charge is 2.31. The number of rotatable bonds is 5. The maximum atomic E-state index is 12.7. The third-order valence-corrected chi connectivity index (χ3v) is 7.66. The van der Waals surface area contributed by atoms with Gasteiger partial charge >= 0.3 is 0 Å². The largest absolute Gasteiger partial charge is 0.431 e. The van der Waals surface area contributed by atoms with Gasteiger partial charge in [0.1, 0.15) is 5.52 Å². The Balaban J connectivity index is 1.52. The van der Waals surface area contributed by atoms with Crippen molar-refractivity contribution < 1.29 is 12.8 Å². The van der Waals surface area contributed by atoms with E-state index in [1.807, 2.05) is 24.3 Å². The van der Waals surface area contributed by atoms with E-state index >= 15 is 0 Å². The zero-order valence-electron chi connectivity index (χ0n) is 14.5. The van der Waals surface area contributed by atoms with Crippen LogP contribution in [-0.2, 0) is 10.0 Å². The van der Waals surface area contributed by atoms with Gasteiger partial charge in [-0.15, -0.1) is 0 Å². The molecule has 1 fully saturated rings. The first-order valence-corrected chi connectivity index (χ1v) is 11.6. The quantitative estimate of drug-likeness (QED) is 0.635. The SMILES string of the molecule is O=S(=O)(N[C@@H]1CCCC[C@H]1Sc1nc2ccccc2o1)c1ccc(Cl)cc1. The highest BCUT2D eigenvalue weighted by Crippen LogP contribution is 2.35. The number of benzene rings is 2. The highest BCUT2D eigenvalue weighted by molar-refractivity contribution is 7.99. The molecule has 2 atom stereocenters. The number of hydrogen-bond acceptors (Lipinski definition) is 5. The van der Waals surface area contributed by atoms with E-state index in [0.717, 1.165) is 36.8 Å². The molecular formula is C19H19ClN2O3S2. The minimum Gasteiger partial charge on any atom is -0.431 e. The Labute approximate surface area is 167 Å². The summed E-state index contributed by atoms with van der Waals surface area (Å²) in [5.41, 5.74) is 1.56. The molecule has 0 aliphatic heterocycles. The number of thioether (sulfide) groups is 1. The lowest BCUT2D eigenvalue weighted by atomic mass is 9.96. The van der Waals surface area contributed by atoms with Crippen LogP contribution in [0.25, 0.3) is 11.1 Å². The van der Waals surface area contributed by atoms with Crippen LogP contribution in [0, 0.1) is 0 Å². The Morgan fingerprint density at radius 3 is 2.59 bits per heavy atom. The predicted octanol–water partition coefficient (Wildman–Crippen LogP) is 4.86. The number of para-hydroxylation sites is 2. The van der Waals surface area contributed by atoms with E-state index in [-0.39, 0.29) is 16.2 Å². The zero-order chi connectivity index (χ0) is 18.9. The summed E-state index contributed by atoms with van der Waals surface area (Å²) >= 11 is 7.38. The molecule has 1 saturated carbocycles. The normalized spacial score (nSPS) is 20.8. The molecule has 5 nitrogen and oxygen atoms in total. The van der Waals surface area contributed by atoms with Crippen molar-refractivity contribution in [3.63, 3.8) is 0 Å². The Morgan fingerprint density at radius 2 is 1.81 bits per heavy atom. The highest BCUT2D eigenvalue weighted by atomic mass is 35.5. The van der Waals surface area contributed by atoms with E-state index in [1.165, 1.54) is 23.9 Å². The molecule has 1 aliphatic rings. The molecule has 3 aromatic rings. The average Bonchev–Trinajstić information content (AvgIpc) is 3.06. The minimum absolute atomic E-state index is 0.0777. The van der Waals surface area contributed by atoms with Crippen LogP contribution in [0.15, 0.2) is 63.1 Å². The number of hydrogen-bond donors (Lipinski definition) is 1. The first kappa shape index (κ1) is 18.8. The standard InChI is InChI=1S/C19H19ClN2O3S2/c20-13-9-11-14(12-10-13)27(23,24)22-16-6-2-4-8-18(16)26-19-21-15-5-1-3-7-17(15)25-19/h1,3,5,7,9-12,16,18,22H,2,4,6,8H2/t16-,18-/m1/s1. The monoisotopic (exact) mass is 422 g/mol. The summed E-state index contributed by atoms with van der Waals surface area (Å²) in [5, 5.41) is 1.17. The lowest BCUT2D eigenvalue weighted by Gasteiger charge is -2.30. The van der Waals surface area contributed by atoms with Gasteiger partial charge in [0.05, 0.1) is 4.90 Å². The molecule has 8 heteroatoms. The molecular weight excluding hydrogens is 404 g/mol. The number of oxazole rings is 1.